The van der Waals surface area contributed by atoms with Crippen molar-refractivity contribution in [3.8, 4) is 0 Å². The maximum atomic E-state index is 12.9. The highest BCUT2D eigenvalue weighted by molar-refractivity contribution is 5.96. The highest BCUT2D eigenvalue weighted by Gasteiger charge is 2.28. The van der Waals surface area contributed by atoms with E-state index in [1.807, 2.05) is 51.1 Å². The van der Waals surface area contributed by atoms with Crippen LogP contribution in [0.15, 0.2) is 53.7 Å². The summed E-state index contributed by atoms with van der Waals surface area (Å²) in [6, 6.07) is 14.1. The Morgan fingerprint density at radius 3 is 2.46 bits per heavy atom. The van der Waals surface area contributed by atoms with Gasteiger partial charge < -0.3 is 9.30 Å². The minimum absolute atomic E-state index is 0.283. The summed E-state index contributed by atoms with van der Waals surface area (Å²) in [6.07, 6.45) is -0.532. The Morgan fingerprint density at radius 1 is 1.15 bits per heavy atom. The summed E-state index contributed by atoms with van der Waals surface area (Å²) in [5.41, 5.74) is 1.61. The Balaban J connectivity index is 2.15. The van der Waals surface area contributed by atoms with Gasteiger partial charge in [-0.25, -0.2) is 14.7 Å². The Morgan fingerprint density at radius 2 is 1.85 bits per heavy atom. The van der Waals surface area contributed by atoms with E-state index in [0.717, 1.165) is 5.52 Å². The fourth-order valence-corrected chi connectivity index (χ4v) is 2.62. The van der Waals surface area contributed by atoms with E-state index in [1.54, 1.807) is 29.8 Å². The van der Waals surface area contributed by atoms with Crippen molar-refractivity contribution in [2.45, 2.75) is 26.4 Å². The van der Waals surface area contributed by atoms with Gasteiger partial charge in [0.05, 0.1) is 16.7 Å². The molecule has 0 atom stereocenters. The number of hydrogen-bond donors (Lipinski definition) is 0. The van der Waals surface area contributed by atoms with Gasteiger partial charge in [0.25, 0.3) is 0 Å². The van der Waals surface area contributed by atoms with E-state index in [9.17, 15) is 9.70 Å². The van der Waals surface area contributed by atoms with Gasteiger partial charge in [-0.05, 0) is 56.3 Å². The summed E-state index contributed by atoms with van der Waals surface area (Å²) >= 11 is 0. The van der Waals surface area contributed by atoms with Crippen molar-refractivity contribution in [1.29, 1.82) is 0 Å². The van der Waals surface area contributed by atoms with Gasteiger partial charge in [0.2, 0.25) is 5.95 Å². The van der Waals surface area contributed by atoms with Crippen molar-refractivity contribution in [2.24, 2.45) is 12.2 Å². The number of carbonyl (C=O) groups excluding carboxylic acids is 1. The van der Waals surface area contributed by atoms with Crippen LogP contribution in [0.25, 0.3) is 11.0 Å². The molecule has 0 bridgehead atoms. The Kier molecular flexibility index (Phi) is 4.46. The van der Waals surface area contributed by atoms with Crippen molar-refractivity contribution in [3.05, 3.63) is 53.4 Å². The van der Waals surface area contributed by atoms with Crippen molar-refractivity contribution in [2.75, 3.05) is 4.90 Å². The van der Waals surface area contributed by atoms with Crippen molar-refractivity contribution >= 4 is 34.4 Å². The standard InChI is InChI=1S/C19H20N4O3/c1-19(2,3)26-18(24)23(14-8-6-5-7-9-14)17-20-15-12-13(21-25)10-11-16(15)22(17)4/h5-12H,1-4H3. The molecule has 3 rings (SSSR count). The van der Waals surface area contributed by atoms with Crippen molar-refractivity contribution < 1.29 is 9.53 Å². The van der Waals surface area contributed by atoms with Crippen LogP contribution in [0.4, 0.5) is 22.1 Å². The summed E-state index contributed by atoms with van der Waals surface area (Å²) in [5, 5.41) is 2.94. The fraction of sp³-hybridized carbons (Fsp3) is 0.263. The van der Waals surface area contributed by atoms with Gasteiger partial charge in [0.1, 0.15) is 11.3 Å². The minimum atomic E-state index is -0.649. The highest BCUT2D eigenvalue weighted by atomic mass is 16.6. The molecule has 7 heteroatoms. The Bertz CT molecular complexity index is 958. The topological polar surface area (TPSA) is 76.8 Å². The van der Waals surface area contributed by atoms with Crippen molar-refractivity contribution in [1.82, 2.24) is 9.55 Å². The lowest BCUT2D eigenvalue weighted by Gasteiger charge is -2.26. The smallest absolute Gasteiger partial charge is 0.421 e. The molecule has 0 saturated heterocycles. The summed E-state index contributed by atoms with van der Waals surface area (Å²) in [7, 11) is 1.80. The quantitative estimate of drug-likeness (QED) is 0.618. The maximum absolute atomic E-state index is 12.9. The summed E-state index contributed by atoms with van der Waals surface area (Å²) in [5.74, 6) is 0.392. The number of aromatic nitrogens is 2. The maximum Gasteiger partial charge on any atom is 0.421 e. The number of fused-ring (bicyclic) bond motifs is 1. The molecule has 0 radical (unpaired) electrons. The second kappa shape index (κ2) is 6.59. The lowest BCUT2D eigenvalue weighted by atomic mass is 10.2. The first kappa shape index (κ1) is 17.6. The van der Waals surface area contributed by atoms with Gasteiger partial charge in [0.15, 0.2) is 0 Å². The first-order valence-corrected chi connectivity index (χ1v) is 8.18. The zero-order valence-electron chi connectivity index (χ0n) is 15.1. The average Bonchev–Trinajstić information content (AvgIpc) is 2.90. The Labute approximate surface area is 151 Å². The second-order valence-electron chi connectivity index (χ2n) is 6.89. The number of nitroso groups, excluding NO2 is 1. The molecule has 0 unspecified atom stereocenters. The average molecular weight is 352 g/mol. The summed E-state index contributed by atoms with van der Waals surface area (Å²) < 4.78 is 7.35. The first-order chi connectivity index (χ1) is 12.3. The van der Waals surface area contributed by atoms with Crippen LogP contribution in [0, 0.1) is 4.91 Å². The van der Waals surface area contributed by atoms with Crippen LogP contribution in [0.3, 0.4) is 0 Å². The molecule has 0 aliphatic carbocycles. The van der Waals surface area contributed by atoms with Crippen LogP contribution >= 0.6 is 0 Å². The van der Waals surface area contributed by atoms with E-state index in [4.69, 9.17) is 4.74 Å². The predicted octanol–water partition coefficient (Wildman–Crippen LogP) is 5.04. The minimum Gasteiger partial charge on any atom is -0.443 e. The number of benzene rings is 2. The monoisotopic (exact) mass is 352 g/mol. The van der Waals surface area contributed by atoms with Gasteiger partial charge in [-0.15, -0.1) is 4.91 Å². The molecular formula is C19H20N4O3. The lowest BCUT2D eigenvalue weighted by molar-refractivity contribution is 0.0596. The second-order valence-corrected chi connectivity index (χ2v) is 6.89. The fourth-order valence-electron chi connectivity index (χ4n) is 2.62. The number of imidazole rings is 1. The van der Waals surface area contributed by atoms with Crippen LogP contribution in [-0.2, 0) is 11.8 Å². The lowest BCUT2D eigenvalue weighted by Crippen LogP contribution is -2.35. The van der Waals surface area contributed by atoms with E-state index in [1.165, 1.54) is 4.90 Å². The largest absolute Gasteiger partial charge is 0.443 e. The van der Waals surface area contributed by atoms with Crippen LogP contribution in [0.2, 0.25) is 0 Å². The molecule has 7 nitrogen and oxygen atoms in total. The third kappa shape index (κ3) is 3.42. The molecule has 1 amide bonds. The number of nitrogens with zero attached hydrogens (tertiary/aromatic N) is 4. The van der Waals surface area contributed by atoms with E-state index in [0.29, 0.717) is 17.2 Å². The normalized spacial score (nSPS) is 11.4. The molecule has 1 aromatic heterocycles. The molecule has 0 fully saturated rings. The van der Waals surface area contributed by atoms with Gasteiger partial charge >= 0.3 is 6.09 Å². The molecule has 2 aromatic carbocycles. The van der Waals surface area contributed by atoms with Gasteiger partial charge in [-0.2, -0.15) is 0 Å². The molecule has 1 heterocycles. The summed E-state index contributed by atoms with van der Waals surface area (Å²) in [4.78, 5) is 29.6. The van der Waals surface area contributed by atoms with E-state index >= 15 is 0 Å². The number of aryl methyl sites for hydroxylation is 1. The highest BCUT2D eigenvalue weighted by Crippen LogP contribution is 2.31. The molecule has 26 heavy (non-hydrogen) atoms. The van der Waals surface area contributed by atoms with Crippen LogP contribution in [0.1, 0.15) is 20.8 Å². The summed E-state index contributed by atoms with van der Waals surface area (Å²) in [6.45, 7) is 5.43. The number of rotatable bonds is 3. The van der Waals surface area contributed by atoms with E-state index in [-0.39, 0.29) is 5.69 Å². The third-order valence-electron chi connectivity index (χ3n) is 3.74. The van der Waals surface area contributed by atoms with E-state index < -0.39 is 11.7 Å². The van der Waals surface area contributed by atoms with Crippen LogP contribution < -0.4 is 4.90 Å². The predicted molar refractivity (Wildman–Crippen MR) is 101 cm³/mol. The zero-order chi connectivity index (χ0) is 18.9. The molecule has 0 N–H and O–H groups in total. The number of carbonyl (C=O) groups is 1. The first-order valence-electron chi connectivity index (χ1n) is 8.18. The van der Waals surface area contributed by atoms with Crippen LogP contribution in [0.5, 0.6) is 0 Å². The molecular weight excluding hydrogens is 332 g/mol. The molecule has 0 spiro atoms. The zero-order valence-corrected chi connectivity index (χ0v) is 15.1. The third-order valence-corrected chi connectivity index (χ3v) is 3.74. The van der Waals surface area contributed by atoms with Crippen molar-refractivity contribution in [3.63, 3.8) is 0 Å². The number of amides is 1. The number of ether oxygens (including phenoxy) is 1. The van der Waals surface area contributed by atoms with Gasteiger partial charge in [-0.1, -0.05) is 18.2 Å². The molecule has 0 aliphatic heterocycles. The SMILES string of the molecule is Cn1c(N(C(=O)OC(C)(C)C)c2ccccc2)nc2cc(N=O)ccc21. The molecule has 0 saturated carbocycles. The van der Waals surface area contributed by atoms with E-state index in [2.05, 4.69) is 10.2 Å². The number of para-hydroxylation sites is 1. The van der Waals surface area contributed by atoms with Gasteiger partial charge in [-0.3, -0.25) is 0 Å². The van der Waals surface area contributed by atoms with Gasteiger partial charge in [0, 0.05) is 7.05 Å². The molecule has 0 aliphatic rings. The number of hydrogen-bond acceptors (Lipinski definition) is 5. The Hall–Kier alpha value is -3.22. The number of anilines is 2. The molecule has 134 valence electrons. The molecule has 3 aromatic rings. The van der Waals surface area contributed by atoms with Crippen LogP contribution in [-0.4, -0.2) is 21.2 Å².